The second kappa shape index (κ2) is 3.00. The second-order valence-corrected chi connectivity index (χ2v) is 4.76. The first-order valence-electron chi connectivity index (χ1n) is 5.05. The van der Waals surface area contributed by atoms with Gasteiger partial charge < -0.3 is 9.80 Å². The van der Waals surface area contributed by atoms with Gasteiger partial charge in [-0.3, -0.25) is 0 Å². The average Bonchev–Trinajstić information content (AvgIpc) is 1.99. The molecule has 0 aromatic carbocycles. The van der Waals surface area contributed by atoms with Crippen molar-refractivity contribution in [3.05, 3.63) is 0 Å². The van der Waals surface area contributed by atoms with Crippen molar-refractivity contribution in [1.82, 2.24) is 9.80 Å². The van der Waals surface area contributed by atoms with E-state index in [-0.39, 0.29) is 0 Å². The Kier molecular flexibility index (Phi) is 2.13. The van der Waals surface area contributed by atoms with Crippen LogP contribution in [0.3, 0.4) is 0 Å². The molecular weight excluding hydrogens is 148 g/mol. The Morgan fingerprint density at radius 3 is 2.58 bits per heavy atom. The zero-order valence-electron chi connectivity index (χ0n) is 8.45. The first kappa shape index (κ1) is 8.52. The molecule has 2 aliphatic rings. The van der Waals surface area contributed by atoms with Gasteiger partial charge in [-0.05, 0) is 39.3 Å². The van der Waals surface area contributed by atoms with Gasteiger partial charge in [0.15, 0.2) is 0 Å². The van der Waals surface area contributed by atoms with Crippen molar-refractivity contribution in [3.8, 4) is 0 Å². The summed E-state index contributed by atoms with van der Waals surface area (Å²) in [5.74, 6) is 1.86. The molecule has 12 heavy (non-hydrogen) atoms. The van der Waals surface area contributed by atoms with E-state index in [4.69, 9.17) is 0 Å². The molecule has 2 rings (SSSR count). The average molecular weight is 168 g/mol. The summed E-state index contributed by atoms with van der Waals surface area (Å²) in [6.45, 7) is 6.30. The molecule has 2 fully saturated rings. The van der Waals surface area contributed by atoms with Crippen LogP contribution in [0.2, 0.25) is 0 Å². The lowest BCUT2D eigenvalue weighted by Gasteiger charge is -2.47. The third kappa shape index (κ3) is 1.38. The van der Waals surface area contributed by atoms with Gasteiger partial charge in [0.25, 0.3) is 0 Å². The summed E-state index contributed by atoms with van der Waals surface area (Å²) in [6, 6.07) is 0.795. The zero-order valence-corrected chi connectivity index (χ0v) is 8.45. The molecule has 2 nitrogen and oxygen atoms in total. The summed E-state index contributed by atoms with van der Waals surface area (Å²) in [5, 5.41) is 0. The van der Waals surface area contributed by atoms with E-state index in [0.29, 0.717) is 0 Å². The highest BCUT2D eigenvalue weighted by atomic mass is 15.2. The number of rotatable bonds is 0. The Morgan fingerprint density at radius 1 is 1.08 bits per heavy atom. The van der Waals surface area contributed by atoms with E-state index in [1.54, 1.807) is 0 Å². The molecule has 0 spiro atoms. The first-order valence-corrected chi connectivity index (χ1v) is 5.05. The van der Waals surface area contributed by atoms with E-state index in [1.165, 1.54) is 26.1 Å². The Balaban J connectivity index is 2.07. The molecule has 0 unspecified atom stereocenters. The molecule has 0 aliphatic carbocycles. The predicted molar refractivity (Wildman–Crippen MR) is 51.2 cm³/mol. The van der Waals surface area contributed by atoms with Gasteiger partial charge in [-0.1, -0.05) is 0 Å². The Bertz CT molecular complexity index is 165. The molecule has 2 saturated heterocycles. The van der Waals surface area contributed by atoms with E-state index < -0.39 is 0 Å². The summed E-state index contributed by atoms with van der Waals surface area (Å²) in [4.78, 5) is 5.04. The monoisotopic (exact) mass is 168 g/mol. The van der Waals surface area contributed by atoms with Crippen LogP contribution in [0.1, 0.15) is 13.3 Å². The summed E-state index contributed by atoms with van der Waals surface area (Å²) >= 11 is 0. The van der Waals surface area contributed by atoms with Gasteiger partial charge in [0.05, 0.1) is 0 Å². The molecule has 2 heteroatoms. The van der Waals surface area contributed by atoms with Crippen LogP contribution in [0, 0.1) is 11.8 Å². The van der Waals surface area contributed by atoms with E-state index >= 15 is 0 Å². The molecule has 0 N–H and O–H groups in total. The summed E-state index contributed by atoms with van der Waals surface area (Å²) in [7, 11) is 4.53. The minimum atomic E-state index is 0.795. The van der Waals surface area contributed by atoms with Gasteiger partial charge in [-0.15, -0.1) is 0 Å². The van der Waals surface area contributed by atoms with Crippen LogP contribution in [-0.2, 0) is 0 Å². The van der Waals surface area contributed by atoms with Crippen molar-refractivity contribution in [2.24, 2.45) is 11.8 Å². The Hall–Kier alpha value is -0.0800. The molecule has 0 saturated carbocycles. The van der Waals surface area contributed by atoms with E-state index in [2.05, 4.69) is 30.8 Å². The van der Waals surface area contributed by atoms with Crippen molar-refractivity contribution < 1.29 is 0 Å². The molecule has 2 aliphatic heterocycles. The molecule has 2 bridgehead atoms. The zero-order chi connectivity index (χ0) is 8.72. The van der Waals surface area contributed by atoms with Crippen LogP contribution in [0.25, 0.3) is 0 Å². The molecule has 0 radical (unpaired) electrons. The number of hydrogen-bond donors (Lipinski definition) is 0. The molecule has 2 heterocycles. The normalized spacial score (nSPS) is 44.8. The lowest BCUT2D eigenvalue weighted by atomic mass is 9.80. The quantitative estimate of drug-likeness (QED) is 0.530. The van der Waals surface area contributed by atoms with Crippen molar-refractivity contribution in [3.63, 3.8) is 0 Å². The summed E-state index contributed by atoms with van der Waals surface area (Å²) in [6.07, 6.45) is 1.47. The Morgan fingerprint density at radius 2 is 1.83 bits per heavy atom. The SMILES string of the molecule is C[C@H]1[C@H]2C[C@H](CN(C)C2)CN1C. The van der Waals surface area contributed by atoms with Crippen molar-refractivity contribution in [1.29, 1.82) is 0 Å². The van der Waals surface area contributed by atoms with Gasteiger partial charge in [-0.2, -0.15) is 0 Å². The summed E-state index contributed by atoms with van der Waals surface area (Å²) in [5.41, 5.74) is 0. The fourth-order valence-corrected chi connectivity index (χ4v) is 2.91. The minimum Gasteiger partial charge on any atom is -0.306 e. The number of nitrogens with zero attached hydrogens (tertiary/aromatic N) is 2. The van der Waals surface area contributed by atoms with Crippen molar-refractivity contribution in [2.75, 3.05) is 33.7 Å². The lowest BCUT2D eigenvalue weighted by molar-refractivity contribution is 0.0164. The number of fused-ring (bicyclic) bond motifs is 2. The van der Waals surface area contributed by atoms with E-state index in [1.807, 2.05) is 0 Å². The maximum absolute atomic E-state index is 2.53. The largest absolute Gasteiger partial charge is 0.306 e. The van der Waals surface area contributed by atoms with E-state index in [9.17, 15) is 0 Å². The fraction of sp³-hybridized carbons (Fsp3) is 1.00. The molecule has 3 atom stereocenters. The first-order chi connectivity index (χ1) is 5.66. The fourth-order valence-electron chi connectivity index (χ4n) is 2.91. The standard InChI is InChI=1S/C10H20N2/c1-8-10-4-9(6-12(8)3)5-11(2)7-10/h8-10H,4-7H2,1-3H3/t8-,9+,10-/m0/s1. The highest BCUT2D eigenvalue weighted by molar-refractivity contribution is 4.90. The van der Waals surface area contributed by atoms with Crippen LogP contribution in [-0.4, -0.2) is 49.6 Å². The van der Waals surface area contributed by atoms with Gasteiger partial charge in [0.2, 0.25) is 0 Å². The van der Waals surface area contributed by atoms with Crippen molar-refractivity contribution in [2.45, 2.75) is 19.4 Å². The summed E-state index contributed by atoms with van der Waals surface area (Å²) < 4.78 is 0. The van der Waals surface area contributed by atoms with Gasteiger partial charge in [0.1, 0.15) is 0 Å². The van der Waals surface area contributed by atoms with Crippen LogP contribution in [0.5, 0.6) is 0 Å². The second-order valence-electron chi connectivity index (χ2n) is 4.76. The number of piperidine rings is 2. The maximum atomic E-state index is 2.53. The minimum absolute atomic E-state index is 0.795. The molecule has 0 aromatic rings. The Labute approximate surface area is 75.5 Å². The highest BCUT2D eigenvalue weighted by Gasteiger charge is 2.35. The van der Waals surface area contributed by atoms with Crippen LogP contribution < -0.4 is 0 Å². The molecule has 70 valence electrons. The third-order valence-electron chi connectivity index (χ3n) is 3.68. The lowest BCUT2D eigenvalue weighted by Crippen LogP contribution is -2.54. The molecule has 0 amide bonds. The number of hydrogen-bond acceptors (Lipinski definition) is 2. The van der Waals surface area contributed by atoms with Gasteiger partial charge in [0, 0.05) is 25.7 Å². The highest BCUT2D eigenvalue weighted by Crippen LogP contribution is 2.31. The van der Waals surface area contributed by atoms with Gasteiger partial charge >= 0.3 is 0 Å². The maximum Gasteiger partial charge on any atom is 0.0105 e. The molecular formula is C10H20N2. The van der Waals surface area contributed by atoms with E-state index in [0.717, 1.165) is 17.9 Å². The van der Waals surface area contributed by atoms with Crippen molar-refractivity contribution >= 4 is 0 Å². The predicted octanol–water partition coefficient (Wildman–Crippen LogP) is 0.888. The number of likely N-dealkylation sites (tertiary alicyclic amines) is 2. The third-order valence-corrected chi connectivity index (χ3v) is 3.68. The topological polar surface area (TPSA) is 6.48 Å². The van der Waals surface area contributed by atoms with Gasteiger partial charge in [-0.25, -0.2) is 0 Å². The molecule has 0 aromatic heterocycles. The van der Waals surface area contributed by atoms with Crippen LogP contribution >= 0.6 is 0 Å². The van der Waals surface area contributed by atoms with Crippen LogP contribution in [0.4, 0.5) is 0 Å². The van der Waals surface area contributed by atoms with Crippen LogP contribution in [0.15, 0.2) is 0 Å². The smallest absolute Gasteiger partial charge is 0.0105 e.